The van der Waals surface area contributed by atoms with Crippen LogP contribution in [0.4, 0.5) is 0 Å². The van der Waals surface area contributed by atoms with Crippen LogP contribution in [-0.4, -0.2) is 13.2 Å². The van der Waals surface area contributed by atoms with E-state index >= 15 is 0 Å². The fourth-order valence-corrected chi connectivity index (χ4v) is 3.69. The van der Waals surface area contributed by atoms with Crippen LogP contribution in [0.3, 0.4) is 0 Å². The number of halogens is 1. The summed E-state index contributed by atoms with van der Waals surface area (Å²) in [5.41, 5.74) is 3.66. The van der Waals surface area contributed by atoms with E-state index in [1.54, 1.807) is 0 Å². The number of rotatable bonds is 5. The summed E-state index contributed by atoms with van der Waals surface area (Å²) >= 11 is 5.96. The molecule has 0 bridgehead atoms. The molecule has 4 rings (SSSR count). The molecule has 3 aromatic carbocycles. The van der Waals surface area contributed by atoms with Gasteiger partial charge in [-0.05, 0) is 34.0 Å². The van der Waals surface area contributed by atoms with Gasteiger partial charge in [-0.1, -0.05) is 74.0 Å². The van der Waals surface area contributed by atoms with Crippen LogP contribution in [-0.2, 0) is 22.6 Å². The third kappa shape index (κ3) is 4.39. The molecule has 0 radical (unpaired) electrons. The highest BCUT2D eigenvalue weighted by molar-refractivity contribution is 6.30. The fraction of sp³-hybridized carbons (Fsp3) is 0.333. The maximum Gasteiger partial charge on any atom is 0.184 e. The third-order valence-corrected chi connectivity index (χ3v) is 5.36. The van der Waals surface area contributed by atoms with Crippen LogP contribution in [0, 0.1) is 5.41 Å². The Kier molecular flexibility index (Phi) is 5.70. The molecule has 1 fully saturated rings. The molecule has 1 heterocycles. The van der Waals surface area contributed by atoms with E-state index in [9.17, 15) is 0 Å². The van der Waals surface area contributed by atoms with Gasteiger partial charge in [-0.2, -0.15) is 0 Å². The molecule has 28 heavy (non-hydrogen) atoms. The van der Waals surface area contributed by atoms with E-state index in [-0.39, 0.29) is 11.7 Å². The minimum atomic E-state index is -0.297. The Labute approximate surface area is 171 Å². The van der Waals surface area contributed by atoms with Crippen molar-refractivity contribution in [2.24, 2.45) is 5.41 Å². The van der Waals surface area contributed by atoms with E-state index in [1.807, 2.05) is 12.1 Å². The van der Waals surface area contributed by atoms with Gasteiger partial charge in [0.15, 0.2) is 6.29 Å². The minimum Gasteiger partial charge on any atom is -0.348 e. The highest BCUT2D eigenvalue weighted by Crippen LogP contribution is 2.35. The first-order valence-corrected chi connectivity index (χ1v) is 10.1. The monoisotopic (exact) mass is 395 g/mol. The predicted octanol–water partition coefficient (Wildman–Crippen LogP) is 5.85. The summed E-state index contributed by atoms with van der Waals surface area (Å²) in [6, 6.07) is 20.8. The van der Waals surface area contributed by atoms with E-state index in [2.05, 4.69) is 67.7 Å². The van der Waals surface area contributed by atoms with Crippen molar-refractivity contribution in [3.05, 3.63) is 82.4 Å². The third-order valence-electron chi connectivity index (χ3n) is 5.11. The average molecular weight is 396 g/mol. The number of hydrogen-bond acceptors (Lipinski definition) is 3. The molecule has 0 saturated carbocycles. The van der Waals surface area contributed by atoms with Crippen LogP contribution in [0.2, 0.25) is 5.02 Å². The molecule has 0 aliphatic carbocycles. The van der Waals surface area contributed by atoms with E-state index in [0.717, 1.165) is 23.7 Å². The van der Waals surface area contributed by atoms with Gasteiger partial charge in [-0.15, -0.1) is 0 Å². The Morgan fingerprint density at radius 2 is 1.57 bits per heavy atom. The average Bonchev–Trinajstić information content (AvgIpc) is 2.70. The van der Waals surface area contributed by atoms with Crippen LogP contribution in [0.25, 0.3) is 10.8 Å². The maximum absolute atomic E-state index is 6.03. The highest BCUT2D eigenvalue weighted by atomic mass is 35.5. The van der Waals surface area contributed by atoms with Gasteiger partial charge in [-0.25, -0.2) is 0 Å². The van der Waals surface area contributed by atoms with E-state index < -0.39 is 0 Å². The molecule has 0 aromatic heterocycles. The largest absolute Gasteiger partial charge is 0.348 e. The van der Waals surface area contributed by atoms with Crippen LogP contribution in [0.1, 0.15) is 36.8 Å². The molecule has 3 nitrogen and oxygen atoms in total. The summed E-state index contributed by atoms with van der Waals surface area (Å²) in [6.45, 7) is 7.33. The van der Waals surface area contributed by atoms with Crippen LogP contribution < -0.4 is 5.32 Å². The lowest BCUT2D eigenvalue weighted by Gasteiger charge is -2.35. The minimum absolute atomic E-state index is 0.0673. The fourth-order valence-electron chi connectivity index (χ4n) is 3.56. The van der Waals surface area contributed by atoms with Crippen molar-refractivity contribution < 1.29 is 9.47 Å². The summed E-state index contributed by atoms with van der Waals surface area (Å²) in [5, 5.41) is 6.73. The second-order valence-electron chi connectivity index (χ2n) is 8.21. The van der Waals surface area contributed by atoms with Crippen molar-refractivity contribution in [3.8, 4) is 0 Å². The van der Waals surface area contributed by atoms with Crippen molar-refractivity contribution in [1.29, 1.82) is 0 Å². The molecule has 1 aliphatic rings. The van der Waals surface area contributed by atoms with E-state index in [0.29, 0.717) is 13.2 Å². The zero-order valence-corrected chi connectivity index (χ0v) is 17.1. The number of fused-ring (bicyclic) bond motifs is 1. The Morgan fingerprint density at radius 1 is 0.893 bits per heavy atom. The Hall–Kier alpha value is -1.91. The zero-order valence-electron chi connectivity index (χ0n) is 16.4. The molecule has 0 amide bonds. The summed E-state index contributed by atoms with van der Waals surface area (Å²) in [4.78, 5) is 0. The van der Waals surface area contributed by atoms with Crippen molar-refractivity contribution >= 4 is 22.4 Å². The highest BCUT2D eigenvalue weighted by Gasteiger charge is 2.30. The second-order valence-corrected chi connectivity index (χ2v) is 8.64. The molecule has 1 saturated heterocycles. The van der Waals surface area contributed by atoms with Gasteiger partial charge >= 0.3 is 0 Å². The van der Waals surface area contributed by atoms with Gasteiger partial charge in [-0.3, -0.25) is 0 Å². The summed E-state index contributed by atoms with van der Waals surface area (Å²) in [6.07, 6.45) is -0.297. The normalized spacial score (nSPS) is 17.1. The lowest BCUT2D eigenvalue weighted by molar-refractivity contribution is -0.225. The van der Waals surface area contributed by atoms with Crippen LogP contribution >= 0.6 is 11.6 Å². The molecular weight excluding hydrogens is 370 g/mol. The lowest BCUT2D eigenvalue weighted by atomic mass is 9.94. The quantitative estimate of drug-likeness (QED) is 0.587. The molecule has 4 heteroatoms. The Bertz CT molecular complexity index is 942. The van der Waals surface area contributed by atoms with Gasteiger partial charge in [0.25, 0.3) is 0 Å². The van der Waals surface area contributed by atoms with Gasteiger partial charge in [0.2, 0.25) is 0 Å². The molecule has 0 unspecified atom stereocenters. The predicted molar refractivity (Wildman–Crippen MR) is 114 cm³/mol. The van der Waals surface area contributed by atoms with Crippen LogP contribution in [0.5, 0.6) is 0 Å². The Balaban J connectivity index is 1.51. The molecule has 0 atom stereocenters. The molecule has 1 aliphatic heterocycles. The maximum atomic E-state index is 6.03. The van der Waals surface area contributed by atoms with Crippen molar-refractivity contribution in [2.75, 3.05) is 13.2 Å². The van der Waals surface area contributed by atoms with Crippen LogP contribution in [0.15, 0.2) is 60.7 Å². The second kappa shape index (κ2) is 8.22. The Morgan fingerprint density at radius 3 is 2.29 bits per heavy atom. The van der Waals surface area contributed by atoms with Gasteiger partial charge < -0.3 is 14.8 Å². The number of nitrogens with one attached hydrogen (secondary N) is 1. The zero-order chi connectivity index (χ0) is 19.6. The van der Waals surface area contributed by atoms with E-state index in [4.69, 9.17) is 21.1 Å². The molecular formula is C24H26ClNO2. The molecule has 1 N–H and O–H groups in total. The molecule has 0 spiro atoms. The number of hydrogen-bond donors (Lipinski definition) is 1. The lowest BCUT2D eigenvalue weighted by Crippen LogP contribution is -2.33. The van der Waals surface area contributed by atoms with Gasteiger partial charge in [0.05, 0.1) is 13.2 Å². The first kappa shape index (κ1) is 19.4. The topological polar surface area (TPSA) is 30.5 Å². The summed E-state index contributed by atoms with van der Waals surface area (Å²) in [7, 11) is 0. The molecule has 146 valence electrons. The summed E-state index contributed by atoms with van der Waals surface area (Å²) < 4.78 is 12.1. The van der Waals surface area contributed by atoms with Crippen molar-refractivity contribution in [3.63, 3.8) is 0 Å². The number of benzene rings is 3. The first-order valence-electron chi connectivity index (χ1n) is 9.71. The number of ether oxygens (including phenoxy) is 2. The van der Waals surface area contributed by atoms with E-state index in [1.165, 1.54) is 21.9 Å². The smallest absolute Gasteiger partial charge is 0.184 e. The van der Waals surface area contributed by atoms with Crippen molar-refractivity contribution in [1.82, 2.24) is 5.32 Å². The summed E-state index contributed by atoms with van der Waals surface area (Å²) in [5.74, 6) is 0. The van der Waals surface area contributed by atoms with Gasteiger partial charge in [0.1, 0.15) is 0 Å². The van der Waals surface area contributed by atoms with Crippen molar-refractivity contribution in [2.45, 2.75) is 33.2 Å². The first-order chi connectivity index (χ1) is 13.5. The standard InChI is InChI=1S/C24H26ClNO2/c1-24(2)15-27-23(28-16-24)22-12-9-18(20-5-3-4-6-21(20)22)14-26-13-17-7-10-19(25)11-8-17/h3-12,23,26H,13-16H2,1-2H3. The molecule has 3 aromatic rings. The SMILES string of the molecule is CC1(C)COC(c2ccc(CNCc3ccc(Cl)cc3)c3ccccc23)OC1. The van der Waals surface area contributed by atoms with Gasteiger partial charge in [0, 0.05) is 29.1 Å².